The maximum atomic E-state index is 12.1. The van der Waals surface area contributed by atoms with Gasteiger partial charge in [-0.25, -0.2) is 5.43 Å². The van der Waals surface area contributed by atoms with Gasteiger partial charge in [-0.3, -0.25) is 9.59 Å². The van der Waals surface area contributed by atoms with Gasteiger partial charge < -0.3 is 10.1 Å². The molecule has 0 atom stereocenters. The predicted octanol–water partition coefficient (Wildman–Crippen LogP) is 2.88. The second kappa shape index (κ2) is 9.05. The summed E-state index contributed by atoms with van der Waals surface area (Å²) in [5, 5.41) is 7.20. The highest BCUT2D eigenvalue weighted by molar-refractivity contribution is 6.36. The molecule has 0 saturated carbocycles. The van der Waals surface area contributed by atoms with Crippen molar-refractivity contribution in [2.75, 3.05) is 13.7 Å². The highest BCUT2D eigenvalue weighted by Gasteiger charge is 2.12. The average molecular weight is 380 g/mol. The van der Waals surface area contributed by atoms with Crippen molar-refractivity contribution in [1.29, 1.82) is 0 Å². The number of para-hydroxylation sites is 1. The van der Waals surface area contributed by atoms with Crippen LogP contribution < -0.4 is 15.5 Å². The minimum Gasteiger partial charge on any atom is -0.496 e. The molecule has 130 valence electrons. The van der Waals surface area contributed by atoms with Crippen LogP contribution >= 0.6 is 23.2 Å². The van der Waals surface area contributed by atoms with Crippen molar-refractivity contribution < 1.29 is 14.3 Å². The van der Waals surface area contributed by atoms with Crippen LogP contribution in [0.5, 0.6) is 5.75 Å². The van der Waals surface area contributed by atoms with Crippen LogP contribution in [0.4, 0.5) is 0 Å². The molecule has 6 nitrogen and oxygen atoms in total. The Labute approximate surface area is 154 Å². The Kier molecular flexibility index (Phi) is 6.80. The number of halogens is 2. The molecule has 0 aliphatic heterocycles. The second-order valence-electron chi connectivity index (χ2n) is 4.84. The smallest absolute Gasteiger partial charge is 0.259 e. The van der Waals surface area contributed by atoms with E-state index >= 15 is 0 Å². The highest BCUT2D eigenvalue weighted by atomic mass is 35.5. The summed E-state index contributed by atoms with van der Waals surface area (Å²) in [6.45, 7) is -0.234. The van der Waals surface area contributed by atoms with Crippen LogP contribution in [0, 0.1) is 0 Å². The molecule has 2 aromatic rings. The summed E-state index contributed by atoms with van der Waals surface area (Å²) in [5.41, 5.74) is 3.24. The average Bonchev–Trinajstić information content (AvgIpc) is 2.61. The van der Waals surface area contributed by atoms with Crippen LogP contribution in [0.2, 0.25) is 10.0 Å². The Hall–Kier alpha value is -2.57. The van der Waals surface area contributed by atoms with Crippen LogP contribution in [0.3, 0.4) is 0 Å². The van der Waals surface area contributed by atoms with Crippen LogP contribution in [-0.4, -0.2) is 31.7 Å². The molecular formula is C17H15Cl2N3O3. The van der Waals surface area contributed by atoms with E-state index < -0.39 is 11.8 Å². The second-order valence-corrected chi connectivity index (χ2v) is 5.69. The number of rotatable bonds is 6. The fourth-order valence-electron chi connectivity index (χ4n) is 1.91. The first-order valence-corrected chi connectivity index (χ1v) is 7.95. The van der Waals surface area contributed by atoms with E-state index in [0.29, 0.717) is 26.9 Å². The van der Waals surface area contributed by atoms with Gasteiger partial charge in [-0.15, -0.1) is 0 Å². The molecule has 0 bridgehead atoms. The fraction of sp³-hybridized carbons (Fsp3) is 0.118. The third-order valence-corrected chi connectivity index (χ3v) is 3.68. The van der Waals surface area contributed by atoms with Crippen molar-refractivity contribution in [3.63, 3.8) is 0 Å². The summed E-state index contributed by atoms with van der Waals surface area (Å²) in [4.78, 5) is 23.8. The maximum Gasteiger partial charge on any atom is 0.259 e. The lowest BCUT2D eigenvalue weighted by atomic mass is 10.2. The Balaban J connectivity index is 1.86. The number of carbonyl (C=O) groups excluding carboxylic acids is 2. The summed E-state index contributed by atoms with van der Waals surface area (Å²) in [7, 11) is 1.47. The Morgan fingerprint density at radius 2 is 1.96 bits per heavy atom. The lowest BCUT2D eigenvalue weighted by Crippen LogP contribution is -2.35. The van der Waals surface area contributed by atoms with Gasteiger partial charge in [-0.05, 0) is 24.3 Å². The van der Waals surface area contributed by atoms with Crippen LogP contribution in [0.1, 0.15) is 15.9 Å². The zero-order valence-electron chi connectivity index (χ0n) is 13.3. The summed E-state index contributed by atoms with van der Waals surface area (Å²) >= 11 is 11.8. The first-order chi connectivity index (χ1) is 12.0. The van der Waals surface area contributed by atoms with Crippen LogP contribution in [0.15, 0.2) is 47.6 Å². The van der Waals surface area contributed by atoms with Crippen molar-refractivity contribution in [2.45, 2.75) is 0 Å². The minimum atomic E-state index is -0.482. The summed E-state index contributed by atoms with van der Waals surface area (Å²) in [6.07, 6.45) is 1.39. The summed E-state index contributed by atoms with van der Waals surface area (Å²) < 4.78 is 5.10. The van der Waals surface area contributed by atoms with Gasteiger partial charge in [0.15, 0.2) is 0 Å². The molecule has 2 aromatic carbocycles. The molecule has 8 heteroatoms. The van der Waals surface area contributed by atoms with Crippen molar-refractivity contribution in [3.05, 3.63) is 63.6 Å². The van der Waals surface area contributed by atoms with Crippen LogP contribution in [0.25, 0.3) is 0 Å². The van der Waals surface area contributed by atoms with E-state index in [-0.39, 0.29) is 6.54 Å². The van der Waals surface area contributed by atoms with Crippen molar-refractivity contribution in [1.82, 2.24) is 10.7 Å². The number of methoxy groups -OCH3 is 1. The summed E-state index contributed by atoms with van der Waals surface area (Å²) in [6, 6.07) is 11.6. The molecule has 0 aromatic heterocycles. The molecule has 0 unspecified atom stereocenters. The zero-order chi connectivity index (χ0) is 18.2. The first-order valence-electron chi connectivity index (χ1n) is 7.19. The maximum absolute atomic E-state index is 12.1. The van der Waals surface area contributed by atoms with Gasteiger partial charge in [0.25, 0.3) is 11.8 Å². The number of benzene rings is 2. The standard InChI is InChI=1S/C17H15Cl2N3O3/c1-25-15-5-3-2-4-13(15)17(24)20-10-16(23)22-21-9-11-6-7-12(18)8-14(11)19/h2-9H,10H2,1H3,(H,20,24)(H,22,23). The van der Waals surface area contributed by atoms with E-state index in [2.05, 4.69) is 15.8 Å². The molecule has 2 amide bonds. The molecule has 0 aliphatic rings. The Morgan fingerprint density at radius 1 is 1.20 bits per heavy atom. The largest absolute Gasteiger partial charge is 0.496 e. The Bertz CT molecular complexity index is 809. The van der Waals surface area contributed by atoms with E-state index in [1.165, 1.54) is 13.3 Å². The number of nitrogens with one attached hydrogen (secondary N) is 2. The number of amides is 2. The Morgan fingerprint density at radius 3 is 2.68 bits per heavy atom. The lowest BCUT2D eigenvalue weighted by molar-refractivity contribution is -0.120. The molecule has 0 spiro atoms. The zero-order valence-corrected chi connectivity index (χ0v) is 14.8. The van der Waals surface area contributed by atoms with Crippen molar-refractivity contribution >= 4 is 41.2 Å². The molecule has 2 N–H and O–H groups in total. The van der Waals surface area contributed by atoms with Crippen molar-refractivity contribution in [2.24, 2.45) is 5.10 Å². The predicted molar refractivity (Wildman–Crippen MR) is 97.5 cm³/mol. The van der Waals surface area contributed by atoms with Gasteiger partial charge in [0.05, 0.1) is 30.5 Å². The SMILES string of the molecule is COc1ccccc1C(=O)NCC(=O)NN=Cc1ccc(Cl)cc1Cl. The summed E-state index contributed by atoms with van der Waals surface area (Å²) in [5.74, 6) is -0.474. The number of nitrogens with zero attached hydrogens (tertiary/aromatic N) is 1. The van der Waals surface area contributed by atoms with E-state index in [9.17, 15) is 9.59 Å². The monoisotopic (exact) mass is 379 g/mol. The number of carbonyl (C=O) groups is 2. The van der Waals surface area contributed by atoms with E-state index in [4.69, 9.17) is 27.9 Å². The van der Waals surface area contributed by atoms with Gasteiger partial charge in [0, 0.05) is 10.6 Å². The van der Waals surface area contributed by atoms with Gasteiger partial charge in [0.2, 0.25) is 0 Å². The van der Waals surface area contributed by atoms with E-state index in [1.54, 1.807) is 42.5 Å². The van der Waals surface area contributed by atoms with Crippen molar-refractivity contribution in [3.8, 4) is 5.75 Å². The number of hydrazone groups is 1. The number of hydrogen-bond donors (Lipinski definition) is 2. The van der Waals surface area contributed by atoms with E-state index in [1.807, 2.05) is 0 Å². The molecule has 0 fully saturated rings. The fourth-order valence-corrected chi connectivity index (χ4v) is 2.36. The third-order valence-electron chi connectivity index (χ3n) is 3.12. The van der Waals surface area contributed by atoms with Gasteiger partial charge in [-0.2, -0.15) is 5.10 Å². The molecular weight excluding hydrogens is 365 g/mol. The lowest BCUT2D eigenvalue weighted by Gasteiger charge is -2.08. The normalized spacial score (nSPS) is 10.5. The molecule has 0 saturated heterocycles. The van der Waals surface area contributed by atoms with Gasteiger partial charge in [-0.1, -0.05) is 41.4 Å². The first kappa shape index (κ1) is 18.8. The molecule has 25 heavy (non-hydrogen) atoms. The van der Waals surface area contributed by atoms with E-state index in [0.717, 1.165) is 0 Å². The molecule has 2 rings (SSSR count). The molecule has 0 aliphatic carbocycles. The quantitative estimate of drug-likeness (QED) is 0.598. The number of ether oxygens (including phenoxy) is 1. The van der Waals surface area contributed by atoms with Gasteiger partial charge in [0.1, 0.15) is 5.75 Å². The van der Waals surface area contributed by atoms with Crippen LogP contribution in [-0.2, 0) is 4.79 Å². The third kappa shape index (κ3) is 5.48. The highest BCUT2D eigenvalue weighted by Crippen LogP contribution is 2.19. The van der Waals surface area contributed by atoms with Gasteiger partial charge >= 0.3 is 0 Å². The molecule has 0 radical (unpaired) electrons. The number of hydrogen-bond acceptors (Lipinski definition) is 4. The topological polar surface area (TPSA) is 79.8 Å². The molecule has 0 heterocycles. The minimum absolute atomic E-state index is 0.234.